The summed E-state index contributed by atoms with van der Waals surface area (Å²) in [5.41, 5.74) is 0. The van der Waals surface area contributed by atoms with Gasteiger partial charge in [0.2, 0.25) is 0 Å². The first-order chi connectivity index (χ1) is 23.1. The van der Waals surface area contributed by atoms with Crippen LogP contribution in [0.15, 0.2) is 72.9 Å². The highest BCUT2D eigenvalue weighted by Gasteiger charge is 2.16. The standard InChI is InChI=1S/C42H70O5/c1-3-5-7-9-11-13-15-17-19-20-21-23-24-26-28-30-32-34-36-41(44)46-39-40(38-43)47-42(45)37-35-33-31-29-27-25-22-18-16-14-12-10-8-6-4-2/h6,8,12-15,18-20,22,27,29,40,43H,3-5,7,9-11,16-17,21,23-26,28,30-39H2,1-2H3/b8-6-,14-12-,15-13-,20-19-,22-18-,29-27-. The van der Waals surface area contributed by atoms with E-state index < -0.39 is 6.10 Å². The first-order valence-electron chi connectivity index (χ1n) is 19.0. The lowest BCUT2D eigenvalue weighted by atomic mass is 10.1. The lowest BCUT2D eigenvalue weighted by molar-refractivity contribution is -0.161. The number of esters is 2. The summed E-state index contributed by atoms with van der Waals surface area (Å²) in [6, 6.07) is 0. The van der Waals surface area contributed by atoms with Crippen LogP contribution in [0.1, 0.15) is 162 Å². The van der Waals surface area contributed by atoms with Gasteiger partial charge in [0.1, 0.15) is 6.61 Å². The van der Waals surface area contributed by atoms with Crippen LogP contribution < -0.4 is 0 Å². The minimum atomic E-state index is -0.799. The molecule has 0 saturated carbocycles. The monoisotopic (exact) mass is 655 g/mol. The van der Waals surface area contributed by atoms with Crippen LogP contribution >= 0.6 is 0 Å². The molecule has 0 heterocycles. The van der Waals surface area contributed by atoms with E-state index in [-0.39, 0.29) is 25.2 Å². The molecule has 1 unspecified atom stereocenters. The molecule has 5 nitrogen and oxygen atoms in total. The molecule has 1 atom stereocenters. The van der Waals surface area contributed by atoms with Gasteiger partial charge in [0, 0.05) is 12.8 Å². The molecule has 0 aliphatic heterocycles. The van der Waals surface area contributed by atoms with Gasteiger partial charge in [0.15, 0.2) is 6.10 Å². The SMILES string of the molecule is CC/C=C\C/C=C\C/C=C\C/C=C\CCCCC(=O)OC(CO)COC(=O)CCCCCCCCC/C=C\C/C=C\CCCCCC. The predicted molar refractivity (Wildman–Crippen MR) is 200 cm³/mol. The second-order valence-corrected chi connectivity index (χ2v) is 12.3. The van der Waals surface area contributed by atoms with Gasteiger partial charge in [0.05, 0.1) is 6.61 Å². The summed E-state index contributed by atoms with van der Waals surface area (Å²) in [6.07, 6.45) is 49.6. The van der Waals surface area contributed by atoms with E-state index in [9.17, 15) is 14.7 Å². The summed E-state index contributed by atoms with van der Waals surface area (Å²) in [6.45, 7) is 3.95. The van der Waals surface area contributed by atoms with Gasteiger partial charge in [-0.25, -0.2) is 0 Å². The molecular weight excluding hydrogens is 584 g/mol. The molecule has 5 heteroatoms. The molecule has 0 fully saturated rings. The van der Waals surface area contributed by atoms with Gasteiger partial charge in [-0.15, -0.1) is 0 Å². The van der Waals surface area contributed by atoms with Crippen LogP contribution in [0.4, 0.5) is 0 Å². The van der Waals surface area contributed by atoms with Crippen molar-refractivity contribution in [3.05, 3.63) is 72.9 Å². The van der Waals surface area contributed by atoms with E-state index in [0.717, 1.165) is 77.0 Å². The molecule has 1 N–H and O–H groups in total. The molecule has 47 heavy (non-hydrogen) atoms. The largest absolute Gasteiger partial charge is 0.462 e. The maximum absolute atomic E-state index is 12.1. The van der Waals surface area contributed by atoms with E-state index in [1.165, 1.54) is 57.8 Å². The Hall–Kier alpha value is -2.66. The summed E-state index contributed by atoms with van der Waals surface area (Å²) < 4.78 is 10.6. The summed E-state index contributed by atoms with van der Waals surface area (Å²) in [4.78, 5) is 24.2. The van der Waals surface area contributed by atoms with Gasteiger partial charge in [-0.1, -0.05) is 138 Å². The molecule has 0 aromatic carbocycles. The highest BCUT2D eigenvalue weighted by Crippen LogP contribution is 2.11. The van der Waals surface area contributed by atoms with Crippen LogP contribution in [-0.2, 0) is 19.1 Å². The Bertz CT molecular complexity index is 879. The molecule has 0 aliphatic carbocycles. The Morgan fingerprint density at radius 2 is 0.915 bits per heavy atom. The average Bonchev–Trinajstić information content (AvgIpc) is 3.07. The number of ether oxygens (including phenoxy) is 2. The second-order valence-electron chi connectivity index (χ2n) is 12.3. The summed E-state index contributed by atoms with van der Waals surface area (Å²) in [7, 11) is 0. The molecule has 0 spiro atoms. The van der Waals surface area contributed by atoms with Crippen LogP contribution in [0, 0.1) is 0 Å². The number of aliphatic hydroxyl groups excluding tert-OH is 1. The van der Waals surface area contributed by atoms with E-state index in [2.05, 4.69) is 86.8 Å². The zero-order valence-electron chi connectivity index (χ0n) is 30.3. The molecule has 0 amide bonds. The first kappa shape index (κ1) is 44.3. The quantitative estimate of drug-likeness (QED) is 0.0433. The van der Waals surface area contributed by atoms with E-state index in [0.29, 0.717) is 12.8 Å². The summed E-state index contributed by atoms with van der Waals surface area (Å²) >= 11 is 0. The summed E-state index contributed by atoms with van der Waals surface area (Å²) in [5, 5.41) is 9.53. The zero-order valence-corrected chi connectivity index (χ0v) is 30.3. The van der Waals surface area contributed by atoms with Crippen molar-refractivity contribution in [1.82, 2.24) is 0 Å². The molecule has 0 aliphatic rings. The molecular formula is C42H70O5. The number of carbonyl (C=O) groups excluding carboxylic acids is 2. The highest BCUT2D eigenvalue weighted by molar-refractivity contribution is 5.70. The van der Waals surface area contributed by atoms with Crippen molar-refractivity contribution in [1.29, 1.82) is 0 Å². The van der Waals surface area contributed by atoms with Gasteiger partial charge >= 0.3 is 11.9 Å². The fourth-order valence-electron chi connectivity index (χ4n) is 4.87. The second kappa shape index (κ2) is 37.8. The van der Waals surface area contributed by atoms with Crippen molar-refractivity contribution < 1.29 is 24.2 Å². The van der Waals surface area contributed by atoms with E-state index in [1.807, 2.05) is 0 Å². The fraction of sp³-hybridized carbons (Fsp3) is 0.667. The first-order valence-corrected chi connectivity index (χ1v) is 19.0. The van der Waals surface area contributed by atoms with Gasteiger partial charge in [-0.05, 0) is 83.5 Å². The number of rotatable bonds is 33. The number of hydrogen-bond acceptors (Lipinski definition) is 5. The average molecular weight is 655 g/mol. The van der Waals surface area contributed by atoms with Gasteiger partial charge in [0.25, 0.3) is 0 Å². The summed E-state index contributed by atoms with van der Waals surface area (Å²) in [5.74, 6) is -0.655. The number of allylic oxidation sites excluding steroid dienone is 12. The lowest BCUT2D eigenvalue weighted by Gasteiger charge is -2.15. The fourth-order valence-corrected chi connectivity index (χ4v) is 4.87. The van der Waals surface area contributed by atoms with Gasteiger partial charge in [-0.3, -0.25) is 9.59 Å². The zero-order chi connectivity index (χ0) is 34.3. The maximum Gasteiger partial charge on any atom is 0.306 e. The molecule has 0 bridgehead atoms. The van der Waals surface area contributed by atoms with Crippen molar-refractivity contribution in [2.24, 2.45) is 0 Å². The van der Waals surface area contributed by atoms with Gasteiger partial charge < -0.3 is 14.6 Å². The molecule has 0 radical (unpaired) electrons. The third-order valence-electron chi connectivity index (χ3n) is 7.73. The topological polar surface area (TPSA) is 72.8 Å². The van der Waals surface area contributed by atoms with Crippen molar-refractivity contribution in [3.8, 4) is 0 Å². The van der Waals surface area contributed by atoms with E-state index >= 15 is 0 Å². The van der Waals surface area contributed by atoms with Crippen LogP contribution in [0.3, 0.4) is 0 Å². The number of hydrogen-bond donors (Lipinski definition) is 1. The Morgan fingerprint density at radius 1 is 0.511 bits per heavy atom. The third-order valence-corrected chi connectivity index (χ3v) is 7.73. The van der Waals surface area contributed by atoms with Crippen LogP contribution in [-0.4, -0.2) is 36.4 Å². The lowest BCUT2D eigenvalue weighted by Crippen LogP contribution is -2.28. The van der Waals surface area contributed by atoms with E-state index in [4.69, 9.17) is 9.47 Å². The van der Waals surface area contributed by atoms with Crippen molar-refractivity contribution in [3.63, 3.8) is 0 Å². The predicted octanol–water partition coefficient (Wildman–Crippen LogP) is 11.8. The Balaban J connectivity index is 3.66. The van der Waals surface area contributed by atoms with Gasteiger partial charge in [-0.2, -0.15) is 0 Å². The molecule has 0 aromatic rings. The van der Waals surface area contributed by atoms with Crippen molar-refractivity contribution >= 4 is 11.9 Å². The highest BCUT2D eigenvalue weighted by atomic mass is 16.6. The molecule has 268 valence electrons. The normalized spacial score (nSPS) is 13.0. The van der Waals surface area contributed by atoms with Crippen molar-refractivity contribution in [2.75, 3.05) is 13.2 Å². The molecule has 0 aromatic heterocycles. The Morgan fingerprint density at radius 3 is 1.43 bits per heavy atom. The Labute approximate surface area is 289 Å². The minimum absolute atomic E-state index is 0.0905. The number of aliphatic hydroxyl groups is 1. The maximum atomic E-state index is 12.1. The van der Waals surface area contributed by atoms with E-state index in [1.54, 1.807) is 0 Å². The third kappa shape index (κ3) is 36.0. The Kier molecular flexibility index (Phi) is 35.7. The van der Waals surface area contributed by atoms with Crippen LogP contribution in [0.5, 0.6) is 0 Å². The number of unbranched alkanes of at least 4 members (excludes halogenated alkanes) is 13. The van der Waals surface area contributed by atoms with Crippen LogP contribution in [0.2, 0.25) is 0 Å². The minimum Gasteiger partial charge on any atom is -0.462 e. The molecule has 0 saturated heterocycles. The molecule has 0 rings (SSSR count). The smallest absolute Gasteiger partial charge is 0.306 e. The van der Waals surface area contributed by atoms with Crippen LogP contribution in [0.25, 0.3) is 0 Å². The van der Waals surface area contributed by atoms with Crippen molar-refractivity contribution in [2.45, 2.75) is 168 Å². The number of carbonyl (C=O) groups is 2.